The first-order valence-electron chi connectivity index (χ1n) is 10.3. The van der Waals surface area contributed by atoms with Crippen LogP contribution in [0.25, 0.3) is 11.2 Å². The first-order chi connectivity index (χ1) is 14.7. The molecule has 1 aliphatic rings. The summed E-state index contributed by atoms with van der Waals surface area (Å²) in [4.78, 5) is 48.9. The van der Waals surface area contributed by atoms with Gasteiger partial charge >= 0.3 is 5.69 Å². The third-order valence-electron chi connectivity index (χ3n) is 5.63. The summed E-state index contributed by atoms with van der Waals surface area (Å²) in [5, 5.41) is 5.12. The van der Waals surface area contributed by atoms with E-state index in [9.17, 15) is 14.4 Å². The molecule has 0 bridgehead atoms. The normalized spacial score (nSPS) is 19.7. The Morgan fingerprint density at radius 3 is 2.65 bits per heavy atom. The Kier molecular flexibility index (Phi) is 5.80. The minimum Gasteiger partial charge on any atom is -0.328 e. The topological polar surface area (TPSA) is 107 Å². The van der Waals surface area contributed by atoms with Gasteiger partial charge in [0.25, 0.3) is 5.56 Å². The smallest absolute Gasteiger partial charge is 0.328 e. The van der Waals surface area contributed by atoms with E-state index in [2.05, 4.69) is 34.0 Å². The summed E-state index contributed by atoms with van der Waals surface area (Å²) in [5.41, 5.74) is 0.350. The van der Waals surface area contributed by atoms with Gasteiger partial charge in [-0.1, -0.05) is 13.8 Å². The van der Waals surface area contributed by atoms with Crippen molar-refractivity contribution >= 4 is 33.5 Å². The number of nitrogens with one attached hydrogen (secondary N) is 1. The third-order valence-corrected chi connectivity index (χ3v) is 6.44. The number of imidazole rings is 1. The van der Waals surface area contributed by atoms with Gasteiger partial charge in [-0.15, -0.1) is 11.3 Å². The third kappa shape index (κ3) is 4.33. The number of likely N-dealkylation sites (tertiary alicyclic amines) is 1. The van der Waals surface area contributed by atoms with E-state index in [0.717, 1.165) is 29.9 Å². The van der Waals surface area contributed by atoms with Crippen molar-refractivity contribution < 1.29 is 4.79 Å². The maximum absolute atomic E-state index is 12.7. The fourth-order valence-electron chi connectivity index (χ4n) is 4.43. The fourth-order valence-corrected chi connectivity index (χ4v) is 5.14. The highest BCUT2D eigenvalue weighted by molar-refractivity contribution is 7.13. The molecular weight excluding hydrogens is 418 g/mol. The zero-order valence-electron chi connectivity index (χ0n) is 18.2. The Bertz CT molecular complexity index is 1230. The molecule has 1 aliphatic heterocycles. The molecule has 0 spiro atoms. The van der Waals surface area contributed by atoms with Crippen molar-refractivity contribution in [3.63, 3.8) is 0 Å². The average Bonchev–Trinajstić information content (AvgIpc) is 3.29. The van der Waals surface area contributed by atoms with E-state index < -0.39 is 17.2 Å². The largest absolute Gasteiger partial charge is 0.332 e. The van der Waals surface area contributed by atoms with E-state index in [0.29, 0.717) is 22.6 Å². The second-order valence-corrected chi connectivity index (χ2v) is 9.45. The zero-order valence-corrected chi connectivity index (χ0v) is 19.0. The van der Waals surface area contributed by atoms with Crippen LogP contribution in [0.4, 0.5) is 5.13 Å². The lowest BCUT2D eigenvalue weighted by Crippen LogP contribution is -2.42. The second kappa shape index (κ2) is 8.39. The highest BCUT2D eigenvalue weighted by atomic mass is 32.1. The number of fused-ring (bicyclic) bond motifs is 1. The van der Waals surface area contributed by atoms with E-state index >= 15 is 0 Å². The van der Waals surface area contributed by atoms with Crippen LogP contribution in [0.5, 0.6) is 0 Å². The maximum atomic E-state index is 12.7. The Morgan fingerprint density at radius 1 is 1.23 bits per heavy atom. The minimum absolute atomic E-state index is 0.274. The van der Waals surface area contributed by atoms with Crippen LogP contribution in [0.15, 0.2) is 21.3 Å². The predicted octanol–water partition coefficient (Wildman–Crippen LogP) is 1.01. The molecule has 1 fully saturated rings. The van der Waals surface area contributed by atoms with Crippen LogP contribution >= 0.6 is 11.3 Å². The molecule has 3 aromatic rings. The highest BCUT2D eigenvalue weighted by Gasteiger charge is 2.23. The monoisotopic (exact) mass is 445 g/mol. The number of aryl methyl sites for hydroxylation is 2. The Labute approximate surface area is 183 Å². The number of hydrogen-bond acceptors (Lipinski definition) is 7. The van der Waals surface area contributed by atoms with Gasteiger partial charge in [-0.05, 0) is 18.3 Å². The van der Waals surface area contributed by atoms with Crippen LogP contribution < -0.4 is 16.6 Å². The van der Waals surface area contributed by atoms with Crippen molar-refractivity contribution in [2.75, 3.05) is 18.4 Å². The van der Waals surface area contributed by atoms with Crippen molar-refractivity contribution in [1.82, 2.24) is 28.6 Å². The van der Waals surface area contributed by atoms with Gasteiger partial charge in [0.2, 0.25) is 5.91 Å². The molecule has 2 unspecified atom stereocenters. The van der Waals surface area contributed by atoms with E-state index in [4.69, 9.17) is 0 Å². The maximum Gasteiger partial charge on any atom is 0.332 e. The van der Waals surface area contributed by atoms with E-state index in [1.165, 1.54) is 35.7 Å². The fraction of sp³-hybridized carbons (Fsp3) is 0.550. The van der Waals surface area contributed by atoms with Gasteiger partial charge in [0.1, 0.15) is 6.54 Å². The van der Waals surface area contributed by atoms with Crippen molar-refractivity contribution in [3.8, 4) is 0 Å². The number of thiazole rings is 1. The number of carbonyl (C=O) groups is 1. The zero-order chi connectivity index (χ0) is 22.3. The number of aromatic nitrogens is 5. The summed E-state index contributed by atoms with van der Waals surface area (Å²) in [6.07, 6.45) is 2.72. The van der Waals surface area contributed by atoms with Gasteiger partial charge in [0.05, 0.1) is 12.0 Å². The number of rotatable bonds is 5. The van der Waals surface area contributed by atoms with Crippen molar-refractivity contribution in [1.29, 1.82) is 0 Å². The molecule has 2 atom stereocenters. The molecule has 0 radical (unpaired) electrons. The lowest BCUT2D eigenvalue weighted by atomic mass is 9.92. The summed E-state index contributed by atoms with van der Waals surface area (Å²) in [5.74, 6) is 0.861. The molecule has 11 heteroatoms. The van der Waals surface area contributed by atoms with Crippen LogP contribution in [0.2, 0.25) is 0 Å². The standard InChI is InChI=1S/C20H27N7O3S/c1-12-5-13(2)7-26(6-12)8-14-10-31-19(22-14)23-15(28)9-27-18(29)16-17(21-11-24(16)3)25(4)20(27)30/h10-13H,5-9H2,1-4H3,(H,22,23,28). The van der Waals surface area contributed by atoms with Gasteiger partial charge in [0.15, 0.2) is 16.3 Å². The number of amides is 1. The molecule has 166 valence electrons. The van der Waals surface area contributed by atoms with E-state index in [1.54, 1.807) is 11.6 Å². The molecule has 10 nitrogen and oxygen atoms in total. The summed E-state index contributed by atoms with van der Waals surface area (Å²) in [6, 6.07) is 0. The molecule has 0 saturated carbocycles. The summed E-state index contributed by atoms with van der Waals surface area (Å²) >= 11 is 1.34. The number of piperidine rings is 1. The first kappa shape index (κ1) is 21.4. The minimum atomic E-state index is -0.584. The van der Waals surface area contributed by atoms with Crippen molar-refractivity contribution in [2.24, 2.45) is 25.9 Å². The summed E-state index contributed by atoms with van der Waals surface area (Å²) in [7, 11) is 3.20. The Morgan fingerprint density at radius 2 is 1.94 bits per heavy atom. The Balaban J connectivity index is 1.46. The molecule has 31 heavy (non-hydrogen) atoms. The van der Waals surface area contributed by atoms with Gasteiger partial charge in [0, 0.05) is 39.1 Å². The molecule has 4 rings (SSSR count). The van der Waals surface area contributed by atoms with Gasteiger partial charge in [-0.25, -0.2) is 19.3 Å². The van der Waals surface area contributed by atoms with Crippen molar-refractivity contribution in [3.05, 3.63) is 38.2 Å². The molecule has 4 heterocycles. The van der Waals surface area contributed by atoms with E-state index in [-0.39, 0.29) is 12.1 Å². The number of carbonyl (C=O) groups excluding carboxylic acids is 1. The van der Waals surface area contributed by atoms with Crippen molar-refractivity contribution in [2.45, 2.75) is 33.4 Å². The summed E-state index contributed by atoms with van der Waals surface area (Å²) in [6.45, 7) is 6.99. The molecule has 1 N–H and O–H groups in total. The number of anilines is 1. The number of hydrogen-bond donors (Lipinski definition) is 1. The first-order valence-corrected chi connectivity index (χ1v) is 11.2. The van der Waals surface area contributed by atoms with Crippen LogP contribution in [-0.4, -0.2) is 47.6 Å². The second-order valence-electron chi connectivity index (χ2n) is 8.59. The van der Waals surface area contributed by atoms with Crippen LogP contribution in [-0.2, 0) is 32.0 Å². The molecular formula is C20H27N7O3S. The average molecular weight is 446 g/mol. The molecule has 1 amide bonds. The van der Waals surface area contributed by atoms with Crippen LogP contribution in [0, 0.1) is 11.8 Å². The lowest BCUT2D eigenvalue weighted by Gasteiger charge is -2.34. The SMILES string of the molecule is CC1CC(C)CN(Cc2csc(NC(=O)Cn3c(=O)c4c(ncn4C)n(C)c3=O)n2)C1. The van der Waals surface area contributed by atoms with Crippen LogP contribution in [0.1, 0.15) is 26.0 Å². The summed E-state index contributed by atoms with van der Waals surface area (Å²) < 4.78 is 3.73. The van der Waals surface area contributed by atoms with Gasteiger partial charge in [-0.3, -0.25) is 19.1 Å². The van der Waals surface area contributed by atoms with Crippen LogP contribution in [0.3, 0.4) is 0 Å². The Hall–Kier alpha value is -2.79. The predicted molar refractivity (Wildman–Crippen MR) is 119 cm³/mol. The van der Waals surface area contributed by atoms with Gasteiger partial charge < -0.3 is 9.88 Å². The molecule has 0 aromatic carbocycles. The van der Waals surface area contributed by atoms with Gasteiger partial charge in [-0.2, -0.15) is 0 Å². The molecule has 3 aromatic heterocycles. The van der Waals surface area contributed by atoms with E-state index in [1.807, 2.05) is 5.38 Å². The molecule has 1 saturated heterocycles. The lowest BCUT2D eigenvalue weighted by molar-refractivity contribution is -0.116. The number of nitrogens with zero attached hydrogens (tertiary/aromatic N) is 6. The molecule has 0 aliphatic carbocycles. The quantitative estimate of drug-likeness (QED) is 0.628. The highest BCUT2D eigenvalue weighted by Crippen LogP contribution is 2.24.